The van der Waals surface area contributed by atoms with E-state index in [0.717, 1.165) is 5.56 Å². The molecular formula is C21H27NO2. The SMILES string of the molecule is Cc1ccc([C@@H](C)NC(=O)COc2ccc(C(C)(C)C)cc2)cc1. The lowest BCUT2D eigenvalue weighted by atomic mass is 9.87. The van der Waals surface area contributed by atoms with E-state index in [4.69, 9.17) is 4.74 Å². The second-order valence-corrected chi connectivity index (χ2v) is 7.26. The molecule has 0 saturated carbocycles. The molecule has 0 aliphatic heterocycles. The summed E-state index contributed by atoms with van der Waals surface area (Å²) in [6, 6.07) is 16.0. The first kappa shape index (κ1) is 18.1. The van der Waals surface area contributed by atoms with Crippen LogP contribution in [0.25, 0.3) is 0 Å². The third-order valence-corrected chi connectivity index (χ3v) is 4.05. The number of carbonyl (C=O) groups is 1. The summed E-state index contributed by atoms with van der Waals surface area (Å²) < 4.78 is 5.58. The third-order valence-electron chi connectivity index (χ3n) is 4.05. The van der Waals surface area contributed by atoms with Gasteiger partial charge in [0.2, 0.25) is 0 Å². The molecule has 2 rings (SSSR count). The van der Waals surface area contributed by atoms with Gasteiger partial charge in [-0.15, -0.1) is 0 Å². The summed E-state index contributed by atoms with van der Waals surface area (Å²) in [7, 11) is 0. The van der Waals surface area contributed by atoms with Crippen LogP contribution in [0.1, 0.15) is 50.4 Å². The molecular weight excluding hydrogens is 298 g/mol. The van der Waals surface area contributed by atoms with Gasteiger partial charge in [-0.3, -0.25) is 4.79 Å². The lowest BCUT2D eigenvalue weighted by Crippen LogP contribution is -2.31. The van der Waals surface area contributed by atoms with Crippen LogP contribution in [0.5, 0.6) is 5.75 Å². The predicted molar refractivity (Wildman–Crippen MR) is 98.4 cm³/mol. The monoisotopic (exact) mass is 325 g/mol. The van der Waals surface area contributed by atoms with Crippen molar-refractivity contribution in [1.82, 2.24) is 5.32 Å². The average Bonchev–Trinajstić information content (AvgIpc) is 2.53. The molecule has 0 bridgehead atoms. The highest BCUT2D eigenvalue weighted by atomic mass is 16.5. The summed E-state index contributed by atoms with van der Waals surface area (Å²) in [5.74, 6) is 0.587. The molecule has 0 radical (unpaired) electrons. The van der Waals surface area contributed by atoms with Crippen molar-refractivity contribution < 1.29 is 9.53 Å². The minimum absolute atomic E-state index is 0.0189. The van der Waals surface area contributed by atoms with Gasteiger partial charge in [0.25, 0.3) is 5.91 Å². The zero-order valence-corrected chi connectivity index (χ0v) is 15.2. The third kappa shape index (κ3) is 5.12. The molecule has 2 aromatic carbocycles. The van der Waals surface area contributed by atoms with Crippen molar-refractivity contribution in [2.24, 2.45) is 0 Å². The molecule has 2 aromatic rings. The topological polar surface area (TPSA) is 38.3 Å². The maximum absolute atomic E-state index is 12.1. The summed E-state index contributed by atoms with van der Waals surface area (Å²) in [5.41, 5.74) is 3.65. The number of amides is 1. The molecule has 1 atom stereocenters. The molecule has 0 aromatic heterocycles. The van der Waals surface area contributed by atoms with Gasteiger partial charge in [0.05, 0.1) is 6.04 Å². The Kier molecular flexibility index (Phi) is 5.66. The van der Waals surface area contributed by atoms with Gasteiger partial charge in [0, 0.05) is 0 Å². The summed E-state index contributed by atoms with van der Waals surface area (Å²) >= 11 is 0. The van der Waals surface area contributed by atoms with Crippen LogP contribution in [-0.4, -0.2) is 12.5 Å². The second-order valence-electron chi connectivity index (χ2n) is 7.26. The maximum atomic E-state index is 12.1. The first-order chi connectivity index (χ1) is 11.3. The van der Waals surface area contributed by atoms with Gasteiger partial charge in [-0.25, -0.2) is 0 Å². The van der Waals surface area contributed by atoms with Crippen molar-refractivity contribution in [1.29, 1.82) is 0 Å². The van der Waals surface area contributed by atoms with Crippen molar-refractivity contribution in [3.05, 3.63) is 65.2 Å². The van der Waals surface area contributed by atoms with Crippen LogP contribution < -0.4 is 10.1 Å². The van der Waals surface area contributed by atoms with Gasteiger partial charge < -0.3 is 10.1 Å². The zero-order valence-electron chi connectivity index (χ0n) is 15.2. The van der Waals surface area contributed by atoms with Gasteiger partial charge in [-0.2, -0.15) is 0 Å². The Hall–Kier alpha value is -2.29. The summed E-state index contributed by atoms with van der Waals surface area (Å²) in [4.78, 5) is 12.1. The Morgan fingerprint density at radius 2 is 1.62 bits per heavy atom. The Morgan fingerprint density at radius 1 is 1.04 bits per heavy atom. The molecule has 0 aliphatic rings. The van der Waals surface area contributed by atoms with Crippen molar-refractivity contribution in [2.45, 2.75) is 46.1 Å². The smallest absolute Gasteiger partial charge is 0.258 e. The number of hydrogen-bond acceptors (Lipinski definition) is 2. The van der Waals surface area contributed by atoms with Crippen LogP contribution in [0.2, 0.25) is 0 Å². The summed E-state index contributed by atoms with van der Waals surface area (Å²) in [6.07, 6.45) is 0. The maximum Gasteiger partial charge on any atom is 0.258 e. The van der Waals surface area contributed by atoms with Crippen LogP contribution in [-0.2, 0) is 10.2 Å². The molecule has 1 amide bonds. The fourth-order valence-electron chi connectivity index (χ4n) is 2.42. The number of carbonyl (C=O) groups excluding carboxylic acids is 1. The molecule has 3 nitrogen and oxygen atoms in total. The zero-order chi connectivity index (χ0) is 17.7. The van der Waals surface area contributed by atoms with Crippen LogP contribution in [0.3, 0.4) is 0 Å². The van der Waals surface area contributed by atoms with Gasteiger partial charge in [-0.1, -0.05) is 62.7 Å². The van der Waals surface area contributed by atoms with E-state index in [2.05, 4.69) is 26.1 Å². The van der Waals surface area contributed by atoms with E-state index in [1.807, 2.05) is 62.4 Å². The lowest BCUT2D eigenvalue weighted by molar-refractivity contribution is -0.123. The molecule has 0 unspecified atom stereocenters. The number of hydrogen-bond donors (Lipinski definition) is 1. The van der Waals surface area contributed by atoms with Gasteiger partial charge in [0.15, 0.2) is 6.61 Å². The minimum Gasteiger partial charge on any atom is -0.484 e. The van der Waals surface area contributed by atoms with Gasteiger partial charge in [-0.05, 0) is 42.5 Å². The van der Waals surface area contributed by atoms with Crippen LogP contribution in [0, 0.1) is 6.92 Å². The molecule has 0 aliphatic carbocycles. The fourth-order valence-corrected chi connectivity index (χ4v) is 2.42. The van der Waals surface area contributed by atoms with E-state index in [1.165, 1.54) is 11.1 Å². The quantitative estimate of drug-likeness (QED) is 0.876. The van der Waals surface area contributed by atoms with Crippen LogP contribution in [0.4, 0.5) is 0 Å². The highest BCUT2D eigenvalue weighted by Gasteiger charge is 2.14. The molecule has 1 N–H and O–H groups in total. The van der Waals surface area contributed by atoms with Crippen molar-refractivity contribution in [2.75, 3.05) is 6.61 Å². The van der Waals surface area contributed by atoms with E-state index in [9.17, 15) is 4.79 Å². The average molecular weight is 325 g/mol. The fraction of sp³-hybridized carbons (Fsp3) is 0.381. The van der Waals surface area contributed by atoms with Crippen LogP contribution in [0.15, 0.2) is 48.5 Å². The Bertz CT molecular complexity index is 666. The van der Waals surface area contributed by atoms with E-state index >= 15 is 0 Å². The van der Waals surface area contributed by atoms with E-state index < -0.39 is 0 Å². The predicted octanol–water partition coefficient (Wildman–Crippen LogP) is 4.55. The van der Waals surface area contributed by atoms with E-state index in [1.54, 1.807) is 0 Å². The Balaban J connectivity index is 1.85. The minimum atomic E-state index is -0.122. The Labute approximate surface area is 145 Å². The van der Waals surface area contributed by atoms with Crippen LogP contribution >= 0.6 is 0 Å². The van der Waals surface area contributed by atoms with Crippen molar-refractivity contribution in [3.8, 4) is 5.75 Å². The number of benzene rings is 2. The number of aryl methyl sites for hydroxylation is 1. The first-order valence-corrected chi connectivity index (χ1v) is 8.35. The first-order valence-electron chi connectivity index (χ1n) is 8.35. The molecule has 0 spiro atoms. The molecule has 0 heterocycles. The van der Waals surface area contributed by atoms with Crippen molar-refractivity contribution in [3.63, 3.8) is 0 Å². The summed E-state index contributed by atoms with van der Waals surface area (Å²) in [5, 5.41) is 2.96. The molecule has 3 heteroatoms. The van der Waals surface area contributed by atoms with E-state index in [0.29, 0.717) is 5.75 Å². The molecule has 0 fully saturated rings. The Morgan fingerprint density at radius 3 is 2.17 bits per heavy atom. The summed E-state index contributed by atoms with van der Waals surface area (Å²) in [6.45, 7) is 10.5. The number of ether oxygens (including phenoxy) is 1. The van der Waals surface area contributed by atoms with Gasteiger partial charge in [0.1, 0.15) is 5.75 Å². The normalized spacial score (nSPS) is 12.5. The molecule has 128 valence electrons. The molecule has 24 heavy (non-hydrogen) atoms. The van der Waals surface area contributed by atoms with E-state index in [-0.39, 0.29) is 24.0 Å². The highest BCUT2D eigenvalue weighted by molar-refractivity contribution is 5.78. The largest absolute Gasteiger partial charge is 0.484 e. The number of rotatable bonds is 5. The van der Waals surface area contributed by atoms with Gasteiger partial charge >= 0.3 is 0 Å². The number of nitrogens with one attached hydrogen (secondary N) is 1. The molecule has 0 saturated heterocycles. The van der Waals surface area contributed by atoms with Crippen molar-refractivity contribution >= 4 is 5.91 Å². The lowest BCUT2D eigenvalue weighted by Gasteiger charge is -2.19. The second kappa shape index (κ2) is 7.52. The highest BCUT2D eigenvalue weighted by Crippen LogP contribution is 2.24. The standard InChI is InChI=1S/C21H27NO2/c1-15-6-8-17(9-7-15)16(2)22-20(23)14-24-19-12-10-18(11-13-19)21(3,4)5/h6-13,16H,14H2,1-5H3,(H,22,23)/t16-/m1/s1.